The summed E-state index contributed by atoms with van der Waals surface area (Å²) < 4.78 is 5.24. The Morgan fingerprint density at radius 2 is 2.04 bits per heavy atom. The van der Waals surface area contributed by atoms with Crippen molar-refractivity contribution in [3.8, 4) is 11.3 Å². The second-order valence-electron chi connectivity index (χ2n) is 5.33. The highest BCUT2D eigenvalue weighted by Gasteiger charge is 2.11. The van der Waals surface area contributed by atoms with E-state index in [-0.39, 0.29) is 5.91 Å². The first kappa shape index (κ1) is 14.1. The molecule has 0 radical (unpaired) electrons. The maximum absolute atomic E-state index is 12.4. The van der Waals surface area contributed by atoms with E-state index < -0.39 is 0 Å². The molecule has 24 heavy (non-hydrogen) atoms. The number of H-pyrrole nitrogens is 1. The van der Waals surface area contributed by atoms with Crippen molar-refractivity contribution < 1.29 is 9.21 Å². The highest BCUT2D eigenvalue weighted by Crippen LogP contribution is 2.21. The van der Waals surface area contributed by atoms with Gasteiger partial charge in [-0.2, -0.15) is 5.10 Å². The molecule has 0 aliphatic heterocycles. The van der Waals surface area contributed by atoms with E-state index in [9.17, 15) is 4.79 Å². The normalized spacial score (nSPS) is 10.9. The summed E-state index contributed by atoms with van der Waals surface area (Å²) in [7, 11) is 0. The summed E-state index contributed by atoms with van der Waals surface area (Å²) in [6, 6.07) is 9.12. The Kier molecular flexibility index (Phi) is 3.31. The van der Waals surface area contributed by atoms with Crippen molar-refractivity contribution in [2.45, 2.75) is 6.92 Å². The fourth-order valence-corrected chi connectivity index (χ4v) is 2.43. The summed E-state index contributed by atoms with van der Waals surface area (Å²) >= 11 is 0. The van der Waals surface area contributed by atoms with Crippen molar-refractivity contribution in [2.75, 3.05) is 5.32 Å². The number of nitrogens with zero attached hydrogens (tertiary/aromatic N) is 3. The molecule has 118 valence electrons. The number of hydrogen-bond acceptors (Lipinski definition) is 5. The summed E-state index contributed by atoms with van der Waals surface area (Å²) in [6.45, 7) is 1.87. The average molecular weight is 319 g/mol. The number of carbonyl (C=O) groups is 1. The molecule has 0 saturated carbocycles. The van der Waals surface area contributed by atoms with E-state index in [0.29, 0.717) is 22.7 Å². The molecule has 1 aromatic carbocycles. The van der Waals surface area contributed by atoms with Crippen LogP contribution in [0.3, 0.4) is 0 Å². The van der Waals surface area contributed by atoms with E-state index in [0.717, 1.165) is 16.6 Å². The zero-order chi connectivity index (χ0) is 16.5. The number of oxazole rings is 1. The molecular weight excluding hydrogens is 306 g/mol. The number of amides is 1. The van der Waals surface area contributed by atoms with Gasteiger partial charge in [0.2, 0.25) is 0 Å². The lowest BCUT2D eigenvalue weighted by Crippen LogP contribution is -2.12. The van der Waals surface area contributed by atoms with E-state index in [1.807, 2.05) is 31.2 Å². The van der Waals surface area contributed by atoms with Gasteiger partial charge in [-0.25, -0.2) is 9.97 Å². The van der Waals surface area contributed by atoms with Crippen LogP contribution in [0.4, 0.5) is 5.69 Å². The molecule has 2 N–H and O–H groups in total. The monoisotopic (exact) mass is 319 g/mol. The Morgan fingerprint density at radius 3 is 2.79 bits per heavy atom. The van der Waals surface area contributed by atoms with Gasteiger partial charge in [0.25, 0.3) is 5.91 Å². The van der Waals surface area contributed by atoms with Crippen LogP contribution in [0.25, 0.3) is 22.4 Å². The Hall–Kier alpha value is -3.48. The van der Waals surface area contributed by atoms with Gasteiger partial charge in [0.15, 0.2) is 17.8 Å². The van der Waals surface area contributed by atoms with Gasteiger partial charge < -0.3 is 9.73 Å². The molecule has 0 aliphatic rings. The molecule has 7 nitrogen and oxygen atoms in total. The maximum Gasteiger partial charge on any atom is 0.257 e. The summed E-state index contributed by atoms with van der Waals surface area (Å²) in [5.41, 5.74) is 3.53. The second kappa shape index (κ2) is 5.62. The number of aromatic amines is 1. The van der Waals surface area contributed by atoms with Crippen molar-refractivity contribution in [2.24, 2.45) is 0 Å². The van der Waals surface area contributed by atoms with Gasteiger partial charge in [-0.05, 0) is 37.3 Å². The minimum absolute atomic E-state index is 0.225. The first-order valence-corrected chi connectivity index (χ1v) is 7.32. The summed E-state index contributed by atoms with van der Waals surface area (Å²) in [6.07, 6.45) is 4.55. The van der Waals surface area contributed by atoms with Crippen LogP contribution in [0.2, 0.25) is 0 Å². The number of hydrogen-bond donors (Lipinski definition) is 2. The second-order valence-corrected chi connectivity index (χ2v) is 5.33. The van der Waals surface area contributed by atoms with Gasteiger partial charge in [0.05, 0.1) is 17.5 Å². The lowest BCUT2D eigenvalue weighted by molar-refractivity contribution is 0.102. The predicted molar refractivity (Wildman–Crippen MR) is 88.5 cm³/mol. The molecule has 0 spiro atoms. The van der Waals surface area contributed by atoms with Crippen molar-refractivity contribution in [3.05, 3.63) is 60.4 Å². The number of rotatable bonds is 3. The van der Waals surface area contributed by atoms with E-state index in [4.69, 9.17) is 4.42 Å². The van der Waals surface area contributed by atoms with Gasteiger partial charge in [-0.15, -0.1) is 0 Å². The van der Waals surface area contributed by atoms with Gasteiger partial charge in [-0.3, -0.25) is 9.89 Å². The predicted octanol–water partition coefficient (Wildman–Crippen LogP) is 3.17. The van der Waals surface area contributed by atoms with Crippen LogP contribution in [0.15, 0.2) is 53.5 Å². The SMILES string of the molecule is Cc1n[nH]c2ncc(C(=O)Nc3ccc(-c4cnco4)cc3)cc12. The highest BCUT2D eigenvalue weighted by molar-refractivity contribution is 6.05. The Bertz CT molecular complexity index is 1000. The first-order valence-electron chi connectivity index (χ1n) is 7.32. The number of pyridine rings is 1. The third-order valence-corrected chi connectivity index (χ3v) is 3.73. The molecular formula is C17H13N5O2. The van der Waals surface area contributed by atoms with E-state index in [1.165, 1.54) is 12.6 Å². The van der Waals surface area contributed by atoms with Crippen LogP contribution in [-0.2, 0) is 0 Å². The third kappa shape index (κ3) is 2.52. The van der Waals surface area contributed by atoms with Gasteiger partial charge in [0.1, 0.15) is 0 Å². The highest BCUT2D eigenvalue weighted by atomic mass is 16.3. The molecule has 3 heterocycles. The summed E-state index contributed by atoms with van der Waals surface area (Å²) in [5.74, 6) is 0.454. The van der Waals surface area contributed by atoms with Gasteiger partial charge in [0, 0.05) is 22.8 Å². The number of carbonyl (C=O) groups excluding carboxylic acids is 1. The van der Waals surface area contributed by atoms with Crippen LogP contribution in [0, 0.1) is 6.92 Å². The summed E-state index contributed by atoms with van der Waals surface area (Å²) in [4.78, 5) is 20.5. The van der Waals surface area contributed by atoms with Crippen molar-refractivity contribution in [1.29, 1.82) is 0 Å². The lowest BCUT2D eigenvalue weighted by Gasteiger charge is -2.06. The number of anilines is 1. The van der Waals surface area contributed by atoms with Crippen LogP contribution >= 0.6 is 0 Å². The number of benzene rings is 1. The smallest absolute Gasteiger partial charge is 0.257 e. The van der Waals surface area contributed by atoms with Crippen LogP contribution < -0.4 is 5.32 Å². The van der Waals surface area contributed by atoms with Crippen LogP contribution in [-0.4, -0.2) is 26.1 Å². The Labute approximate surface area is 136 Å². The van der Waals surface area contributed by atoms with E-state index >= 15 is 0 Å². The quantitative estimate of drug-likeness (QED) is 0.604. The molecule has 7 heteroatoms. The Morgan fingerprint density at radius 1 is 1.21 bits per heavy atom. The standard InChI is InChI=1S/C17H13N5O2/c1-10-14-6-12(7-19-16(14)22-21-10)17(23)20-13-4-2-11(3-5-13)15-8-18-9-24-15/h2-9H,1H3,(H,20,23)(H,19,21,22). The summed E-state index contributed by atoms with van der Waals surface area (Å²) in [5, 5.41) is 10.6. The van der Waals surface area contributed by atoms with Crippen molar-refractivity contribution in [1.82, 2.24) is 20.2 Å². The zero-order valence-corrected chi connectivity index (χ0v) is 12.8. The maximum atomic E-state index is 12.4. The van der Waals surface area contributed by atoms with Crippen molar-refractivity contribution in [3.63, 3.8) is 0 Å². The van der Waals surface area contributed by atoms with Crippen molar-refractivity contribution >= 4 is 22.6 Å². The molecule has 4 aromatic rings. The van der Waals surface area contributed by atoms with E-state index in [1.54, 1.807) is 12.3 Å². The molecule has 0 bridgehead atoms. The number of aryl methyl sites for hydroxylation is 1. The molecule has 3 aromatic heterocycles. The Balaban J connectivity index is 1.55. The van der Waals surface area contributed by atoms with Gasteiger partial charge in [-0.1, -0.05) is 0 Å². The van der Waals surface area contributed by atoms with Crippen LogP contribution in [0.1, 0.15) is 16.1 Å². The van der Waals surface area contributed by atoms with Crippen LogP contribution in [0.5, 0.6) is 0 Å². The molecule has 0 aliphatic carbocycles. The average Bonchev–Trinajstić information content (AvgIpc) is 3.26. The fraction of sp³-hybridized carbons (Fsp3) is 0.0588. The third-order valence-electron chi connectivity index (χ3n) is 3.73. The molecule has 4 rings (SSSR count). The van der Waals surface area contributed by atoms with Gasteiger partial charge >= 0.3 is 0 Å². The number of aromatic nitrogens is 4. The molecule has 0 atom stereocenters. The topological polar surface area (TPSA) is 96.7 Å². The fourth-order valence-electron chi connectivity index (χ4n) is 2.43. The number of fused-ring (bicyclic) bond motifs is 1. The number of nitrogens with one attached hydrogen (secondary N) is 2. The minimum Gasteiger partial charge on any atom is -0.444 e. The van der Waals surface area contributed by atoms with E-state index in [2.05, 4.69) is 25.5 Å². The molecule has 1 amide bonds. The minimum atomic E-state index is -0.225. The zero-order valence-electron chi connectivity index (χ0n) is 12.8. The molecule has 0 saturated heterocycles. The lowest BCUT2D eigenvalue weighted by atomic mass is 10.1. The largest absolute Gasteiger partial charge is 0.444 e. The molecule has 0 fully saturated rings. The molecule has 0 unspecified atom stereocenters. The first-order chi connectivity index (χ1) is 11.7.